The van der Waals surface area contributed by atoms with Gasteiger partial charge >= 0.3 is 0 Å². The smallest absolute Gasteiger partial charge is 0.0879 e. The molecule has 0 N–H and O–H groups in total. The van der Waals surface area contributed by atoms with Crippen molar-refractivity contribution in [1.29, 1.82) is 0 Å². The van der Waals surface area contributed by atoms with E-state index in [0.717, 1.165) is 6.42 Å². The molecule has 1 aliphatic heterocycles. The van der Waals surface area contributed by atoms with Crippen LogP contribution in [0.5, 0.6) is 0 Å². The molecule has 1 heterocycles. The second kappa shape index (κ2) is 11.0. The lowest BCUT2D eigenvalue weighted by atomic mass is 9.89. The number of hydrogen-bond donors (Lipinski definition) is 0. The molecular weight excluding hydrogens is 348 g/mol. The molecule has 0 amide bonds. The Hall–Kier alpha value is -2.20. The van der Waals surface area contributed by atoms with E-state index in [1.807, 2.05) is 42.5 Å². The second-order valence-electron chi connectivity index (χ2n) is 7.29. The van der Waals surface area contributed by atoms with Crippen molar-refractivity contribution in [2.24, 2.45) is 5.92 Å². The van der Waals surface area contributed by atoms with E-state index in [1.165, 1.54) is 16.7 Å². The lowest BCUT2D eigenvalue weighted by Gasteiger charge is -2.35. The highest BCUT2D eigenvalue weighted by molar-refractivity contribution is 5.15. The monoisotopic (exact) mass is 378 g/mol. The molecule has 0 spiro atoms. The molecule has 2 aromatic rings. The number of ether oxygens (including phenoxy) is 3. The van der Waals surface area contributed by atoms with E-state index in [0.29, 0.717) is 32.3 Å². The molecule has 0 aromatic heterocycles. The summed E-state index contributed by atoms with van der Waals surface area (Å²) in [6.07, 6.45) is 5.05. The molecule has 2 aromatic carbocycles. The van der Waals surface area contributed by atoms with Gasteiger partial charge in [0.15, 0.2) is 0 Å². The van der Waals surface area contributed by atoms with Crippen LogP contribution in [0.4, 0.5) is 0 Å². The number of hydrogen-bond acceptors (Lipinski definition) is 3. The zero-order chi connectivity index (χ0) is 19.6. The van der Waals surface area contributed by atoms with E-state index in [1.54, 1.807) is 0 Å². The highest BCUT2D eigenvalue weighted by atomic mass is 16.5. The molecule has 0 unspecified atom stereocenters. The SMILES string of the molecule is C=C1C[C@@H](/C=C/COCc2ccccc2)O[C@H](COCc2ccccc2)[C@H]1C. The minimum Gasteiger partial charge on any atom is -0.374 e. The number of rotatable bonds is 9. The van der Waals surface area contributed by atoms with Gasteiger partial charge in [-0.15, -0.1) is 0 Å². The van der Waals surface area contributed by atoms with Crippen molar-refractivity contribution < 1.29 is 14.2 Å². The predicted molar refractivity (Wildman–Crippen MR) is 113 cm³/mol. The first kappa shape index (κ1) is 20.5. The average molecular weight is 379 g/mol. The van der Waals surface area contributed by atoms with Gasteiger partial charge in [-0.2, -0.15) is 0 Å². The topological polar surface area (TPSA) is 27.7 Å². The summed E-state index contributed by atoms with van der Waals surface area (Å²) in [5.74, 6) is 0.301. The minimum absolute atomic E-state index is 0.0323. The fourth-order valence-corrected chi connectivity index (χ4v) is 3.29. The Bertz CT molecular complexity index is 739. The van der Waals surface area contributed by atoms with Crippen molar-refractivity contribution in [3.63, 3.8) is 0 Å². The number of benzene rings is 2. The van der Waals surface area contributed by atoms with Crippen LogP contribution >= 0.6 is 0 Å². The summed E-state index contributed by atoms with van der Waals surface area (Å²) >= 11 is 0. The Labute approximate surface area is 168 Å². The second-order valence-corrected chi connectivity index (χ2v) is 7.29. The van der Waals surface area contributed by atoms with Gasteiger partial charge in [0.1, 0.15) is 0 Å². The highest BCUT2D eigenvalue weighted by Gasteiger charge is 2.29. The first-order valence-corrected chi connectivity index (χ1v) is 9.95. The lowest BCUT2D eigenvalue weighted by Crippen LogP contribution is -2.37. The van der Waals surface area contributed by atoms with E-state index in [4.69, 9.17) is 14.2 Å². The lowest BCUT2D eigenvalue weighted by molar-refractivity contribution is -0.0796. The molecule has 28 heavy (non-hydrogen) atoms. The summed E-state index contributed by atoms with van der Waals surface area (Å²) in [5.41, 5.74) is 3.58. The molecular formula is C25H30O3. The van der Waals surface area contributed by atoms with Gasteiger partial charge in [-0.3, -0.25) is 0 Å². The predicted octanol–water partition coefficient (Wildman–Crippen LogP) is 5.33. The Morgan fingerprint density at radius 3 is 2.21 bits per heavy atom. The van der Waals surface area contributed by atoms with Crippen molar-refractivity contribution >= 4 is 0 Å². The minimum atomic E-state index is 0.0323. The molecule has 0 bridgehead atoms. The van der Waals surface area contributed by atoms with Crippen LogP contribution in [0.3, 0.4) is 0 Å². The highest BCUT2D eigenvalue weighted by Crippen LogP contribution is 2.29. The van der Waals surface area contributed by atoms with Gasteiger partial charge in [-0.1, -0.05) is 91.9 Å². The summed E-state index contributed by atoms with van der Waals surface area (Å²) in [6, 6.07) is 20.4. The first-order valence-electron chi connectivity index (χ1n) is 9.95. The molecule has 1 fully saturated rings. The van der Waals surface area contributed by atoms with Crippen LogP contribution in [0.25, 0.3) is 0 Å². The third kappa shape index (κ3) is 6.45. The summed E-state index contributed by atoms with van der Waals surface area (Å²) < 4.78 is 17.9. The Balaban J connectivity index is 1.41. The van der Waals surface area contributed by atoms with Gasteiger partial charge in [0, 0.05) is 5.92 Å². The fourth-order valence-electron chi connectivity index (χ4n) is 3.29. The van der Waals surface area contributed by atoms with Gasteiger partial charge in [0.05, 0.1) is 38.6 Å². The molecule has 3 nitrogen and oxygen atoms in total. The largest absolute Gasteiger partial charge is 0.374 e. The molecule has 0 saturated carbocycles. The molecule has 3 rings (SSSR count). The van der Waals surface area contributed by atoms with E-state index in [2.05, 4.69) is 43.8 Å². The van der Waals surface area contributed by atoms with E-state index < -0.39 is 0 Å². The summed E-state index contributed by atoms with van der Waals surface area (Å²) in [5, 5.41) is 0. The maximum Gasteiger partial charge on any atom is 0.0879 e. The zero-order valence-electron chi connectivity index (χ0n) is 16.6. The van der Waals surface area contributed by atoms with Gasteiger partial charge < -0.3 is 14.2 Å². The van der Waals surface area contributed by atoms with E-state index >= 15 is 0 Å². The van der Waals surface area contributed by atoms with Crippen LogP contribution in [0, 0.1) is 5.92 Å². The molecule has 0 radical (unpaired) electrons. The average Bonchev–Trinajstić information content (AvgIpc) is 2.72. The van der Waals surface area contributed by atoms with Crippen molar-refractivity contribution in [1.82, 2.24) is 0 Å². The van der Waals surface area contributed by atoms with E-state index in [-0.39, 0.29) is 12.2 Å². The Kier molecular flexibility index (Phi) is 8.04. The van der Waals surface area contributed by atoms with Crippen LogP contribution in [0.1, 0.15) is 24.5 Å². The first-order chi connectivity index (χ1) is 13.7. The quantitative estimate of drug-likeness (QED) is 0.436. The van der Waals surface area contributed by atoms with Crippen molar-refractivity contribution in [2.45, 2.75) is 38.8 Å². The fraction of sp³-hybridized carbons (Fsp3) is 0.360. The van der Waals surface area contributed by atoms with Gasteiger partial charge in [0.25, 0.3) is 0 Å². The Morgan fingerprint density at radius 2 is 1.57 bits per heavy atom. The maximum absolute atomic E-state index is 6.24. The van der Waals surface area contributed by atoms with Crippen LogP contribution in [0.2, 0.25) is 0 Å². The van der Waals surface area contributed by atoms with Gasteiger partial charge in [0.2, 0.25) is 0 Å². The summed E-state index contributed by atoms with van der Waals surface area (Å²) in [7, 11) is 0. The molecule has 1 aliphatic rings. The third-order valence-corrected chi connectivity index (χ3v) is 5.08. The van der Waals surface area contributed by atoms with Crippen LogP contribution in [-0.2, 0) is 27.4 Å². The van der Waals surface area contributed by atoms with Crippen LogP contribution < -0.4 is 0 Å². The van der Waals surface area contributed by atoms with Gasteiger partial charge in [-0.05, 0) is 17.5 Å². The summed E-state index contributed by atoms with van der Waals surface area (Å²) in [4.78, 5) is 0. The van der Waals surface area contributed by atoms with Crippen molar-refractivity contribution in [3.8, 4) is 0 Å². The van der Waals surface area contributed by atoms with Gasteiger partial charge in [-0.25, -0.2) is 0 Å². The molecule has 0 aliphatic carbocycles. The van der Waals surface area contributed by atoms with Crippen molar-refractivity contribution in [3.05, 3.63) is 96.1 Å². The van der Waals surface area contributed by atoms with Crippen LogP contribution in [0.15, 0.2) is 85.0 Å². The summed E-state index contributed by atoms with van der Waals surface area (Å²) in [6.45, 7) is 8.79. The van der Waals surface area contributed by atoms with E-state index in [9.17, 15) is 0 Å². The third-order valence-electron chi connectivity index (χ3n) is 5.08. The molecule has 3 atom stereocenters. The maximum atomic E-state index is 6.24. The van der Waals surface area contributed by atoms with Crippen molar-refractivity contribution in [2.75, 3.05) is 13.2 Å². The van der Waals surface area contributed by atoms with Crippen LogP contribution in [-0.4, -0.2) is 25.4 Å². The molecule has 148 valence electrons. The zero-order valence-corrected chi connectivity index (χ0v) is 16.6. The normalized spacial score (nSPS) is 22.6. The molecule has 3 heteroatoms. The molecule has 1 saturated heterocycles. The standard InChI is InChI=1S/C25H30O3/c1-20-16-24(14-9-15-26-17-22-10-5-3-6-11-22)28-25(21(20)2)19-27-18-23-12-7-4-8-13-23/h3-14,21,24-25H,1,15-19H2,2H3/b14-9+/t21-,24+,25+/m0/s1. The Morgan fingerprint density at radius 1 is 0.964 bits per heavy atom.